The van der Waals surface area contributed by atoms with Gasteiger partial charge in [0, 0.05) is 0 Å². The van der Waals surface area contributed by atoms with E-state index in [1.165, 1.54) is 6.92 Å². The van der Waals surface area contributed by atoms with Crippen LogP contribution in [0.4, 0.5) is 5.69 Å². The summed E-state index contributed by atoms with van der Waals surface area (Å²) in [5.41, 5.74) is 1.04. The number of nitriles is 1. The molecule has 0 aromatic heterocycles. The fourth-order valence-corrected chi connectivity index (χ4v) is 2.31. The Morgan fingerprint density at radius 2 is 1.75 bits per heavy atom. The largest absolute Gasteiger partial charge is 0.494 e. The van der Waals surface area contributed by atoms with E-state index in [9.17, 15) is 9.59 Å². The van der Waals surface area contributed by atoms with Gasteiger partial charge in [-0.1, -0.05) is 26.0 Å². The second-order valence-corrected chi connectivity index (χ2v) is 6.75. The maximum Gasteiger partial charge on any atom is 0.338 e. The van der Waals surface area contributed by atoms with Crippen molar-refractivity contribution in [1.29, 1.82) is 5.26 Å². The molecule has 1 N–H and O–H groups in total. The highest BCUT2D eigenvalue weighted by atomic mass is 16.5. The Bertz CT molecular complexity index is 854. The third-order valence-corrected chi connectivity index (χ3v) is 4.01. The number of rotatable bonds is 8. The standard InChI is InChI=1S/C22H24N2O4/c1-15(2)12-13-27-19-10-8-17(9-11-19)22(26)28-16(3)21(25)24-20-7-5-4-6-18(20)14-23/h4-11,15-16H,12-13H2,1-3H3,(H,24,25). The molecule has 0 saturated carbocycles. The van der Waals surface area contributed by atoms with E-state index < -0.39 is 18.0 Å². The molecule has 0 saturated heterocycles. The summed E-state index contributed by atoms with van der Waals surface area (Å²) in [5, 5.41) is 11.7. The van der Waals surface area contributed by atoms with E-state index >= 15 is 0 Å². The maximum absolute atomic E-state index is 12.3. The number of ether oxygens (including phenoxy) is 2. The smallest absolute Gasteiger partial charge is 0.338 e. The quantitative estimate of drug-likeness (QED) is 0.695. The molecule has 0 radical (unpaired) electrons. The zero-order valence-electron chi connectivity index (χ0n) is 16.3. The van der Waals surface area contributed by atoms with Gasteiger partial charge in [0.05, 0.1) is 23.4 Å². The Balaban J connectivity index is 1.90. The van der Waals surface area contributed by atoms with Crippen molar-refractivity contribution >= 4 is 17.6 Å². The van der Waals surface area contributed by atoms with Crippen LogP contribution in [0.25, 0.3) is 0 Å². The van der Waals surface area contributed by atoms with Crippen LogP contribution in [-0.4, -0.2) is 24.6 Å². The topological polar surface area (TPSA) is 88.4 Å². The average molecular weight is 380 g/mol. The fraction of sp³-hybridized carbons (Fsp3) is 0.318. The molecule has 2 aromatic carbocycles. The van der Waals surface area contributed by atoms with E-state index in [0.29, 0.717) is 35.1 Å². The number of para-hydroxylation sites is 1. The number of benzene rings is 2. The predicted molar refractivity (Wildman–Crippen MR) is 106 cm³/mol. The van der Waals surface area contributed by atoms with Crippen LogP contribution in [0.15, 0.2) is 48.5 Å². The molecule has 0 fully saturated rings. The molecule has 0 heterocycles. The van der Waals surface area contributed by atoms with E-state index in [1.807, 2.05) is 6.07 Å². The number of anilines is 1. The van der Waals surface area contributed by atoms with E-state index in [-0.39, 0.29) is 0 Å². The van der Waals surface area contributed by atoms with Crippen molar-refractivity contribution in [1.82, 2.24) is 0 Å². The number of amides is 1. The van der Waals surface area contributed by atoms with Gasteiger partial charge in [-0.15, -0.1) is 0 Å². The van der Waals surface area contributed by atoms with E-state index in [2.05, 4.69) is 19.2 Å². The molecule has 0 bridgehead atoms. The van der Waals surface area contributed by atoms with Gasteiger partial charge in [0.15, 0.2) is 6.10 Å². The van der Waals surface area contributed by atoms with Crippen molar-refractivity contribution in [2.75, 3.05) is 11.9 Å². The molecule has 146 valence electrons. The highest BCUT2D eigenvalue weighted by Crippen LogP contribution is 2.16. The molecule has 1 amide bonds. The van der Waals surface area contributed by atoms with E-state index in [4.69, 9.17) is 14.7 Å². The Labute approximate surface area is 165 Å². The van der Waals surface area contributed by atoms with Gasteiger partial charge < -0.3 is 14.8 Å². The van der Waals surface area contributed by atoms with Gasteiger partial charge in [-0.05, 0) is 55.7 Å². The summed E-state index contributed by atoms with van der Waals surface area (Å²) in [6.45, 7) is 6.34. The average Bonchev–Trinajstić information content (AvgIpc) is 2.68. The highest BCUT2D eigenvalue weighted by Gasteiger charge is 2.20. The van der Waals surface area contributed by atoms with Crippen LogP contribution in [0, 0.1) is 17.2 Å². The summed E-state index contributed by atoms with van der Waals surface area (Å²) in [6, 6.07) is 15.2. The van der Waals surface area contributed by atoms with Crippen molar-refractivity contribution in [2.45, 2.75) is 33.3 Å². The SMILES string of the molecule is CC(C)CCOc1ccc(C(=O)OC(C)C(=O)Nc2ccccc2C#N)cc1. The first-order chi connectivity index (χ1) is 13.4. The van der Waals surface area contributed by atoms with Gasteiger partial charge in [-0.3, -0.25) is 4.79 Å². The lowest BCUT2D eigenvalue weighted by Crippen LogP contribution is -2.30. The summed E-state index contributed by atoms with van der Waals surface area (Å²) in [7, 11) is 0. The summed E-state index contributed by atoms with van der Waals surface area (Å²) in [6.07, 6.45) is -0.0630. The fourth-order valence-electron chi connectivity index (χ4n) is 2.31. The van der Waals surface area contributed by atoms with Gasteiger partial charge in [0.1, 0.15) is 11.8 Å². The lowest BCUT2D eigenvalue weighted by Gasteiger charge is -2.14. The minimum absolute atomic E-state index is 0.327. The highest BCUT2D eigenvalue weighted by molar-refractivity contribution is 5.98. The van der Waals surface area contributed by atoms with Gasteiger partial charge in [0.25, 0.3) is 5.91 Å². The second kappa shape index (κ2) is 10.1. The lowest BCUT2D eigenvalue weighted by molar-refractivity contribution is -0.123. The molecule has 1 unspecified atom stereocenters. The molecule has 0 aliphatic rings. The molecular formula is C22H24N2O4. The molecule has 1 atom stereocenters. The Morgan fingerprint density at radius 1 is 1.07 bits per heavy atom. The third-order valence-electron chi connectivity index (χ3n) is 4.01. The van der Waals surface area contributed by atoms with Crippen molar-refractivity contribution < 1.29 is 19.1 Å². The molecule has 6 nitrogen and oxygen atoms in total. The maximum atomic E-state index is 12.3. The van der Waals surface area contributed by atoms with Crippen molar-refractivity contribution in [3.8, 4) is 11.8 Å². The normalized spacial score (nSPS) is 11.4. The number of nitrogens with one attached hydrogen (secondary N) is 1. The zero-order valence-corrected chi connectivity index (χ0v) is 16.3. The van der Waals surface area contributed by atoms with Crippen LogP contribution in [0.3, 0.4) is 0 Å². The van der Waals surface area contributed by atoms with Crippen LogP contribution in [0.1, 0.15) is 43.1 Å². The van der Waals surface area contributed by atoms with Crippen molar-refractivity contribution in [3.05, 3.63) is 59.7 Å². The number of hydrogen-bond acceptors (Lipinski definition) is 5. The Kier molecular flexibility index (Phi) is 7.58. The minimum atomic E-state index is -1.01. The lowest BCUT2D eigenvalue weighted by atomic mass is 10.1. The van der Waals surface area contributed by atoms with Crippen LogP contribution in [0.5, 0.6) is 5.75 Å². The molecule has 2 aromatic rings. The molecule has 0 spiro atoms. The monoisotopic (exact) mass is 380 g/mol. The summed E-state index contributed by atoms with van der Waals surface area (Å²) in [5.74, 6) is 0.118. The minimum Gasteiger partial charge on any atom is -0.494 e. The molecular weight excluding hydrogens is 356 g/mol. The summed E-state index contributed by atoms with van der Waals surface area (Å²) < 4.78 is 10.8. The van der Waals surface area contributed by atoms with Crippen LogP contribution < -0.4 is 10.1 Å². The van der Waals surface area contributed by atoms with Crippen molar-refractivity contribution in [3.63, 3.8) is 0 Å². The van der Waals surface area contributed by atoms with Gasteiger partial charge in [-0.25, -0.2) is 4.79 Å². The first kappa shape index (κ1) is 21.0. The Hall–Kier alpha value is -3.33. The van der Waals surface area contributed by atoms with Crippen LogP contribution in [0.2, 0.25) is 0 Å². The molecule has 0 aliphatic carbocycles. The first-order valence-corrected chi connectivity index (χ1v) is 9.14. The van der Waals surface area contributed by atoms with E-state index in [1.54, 1.807) is 48.5 Å². The zero-order chi connectivity index (χ0) is 20.5. The van der Waals surface area contributed by atoms with Crippen LogP contribution >= 0.6 is 0 Å². The first-order valence-electron chi connectivity index (χ1n) is 9.14. The summed E-state index contributed by atoms with van der Waals surface area (Å²) in [4.78, 5) is 24.5. The summed E-state index contributed by atoms with van der Waals surface area (Å²) >= 11 is 0. The second-order valence-electron chi connectivity index (χ2n) is 6.75. The Morgan fingerprint density at radius 3 is 2.39 bits per heavy atom. The number of carbonyl (C=O) groups excluding carboxylic acids is 2. The molecule has 28 heavy (non-hydrogen) atoms. The number of nitrogens with zero attached hydrogens (tertiary/aromatic N) is 1. The van der Waals surface area contributed by atoms with Gasteiger partial charge in [0.2, 0.25) is 0 Å². The van der Waals surface area contributed by atoms with Gasteiger partial charge >= 0.3 is 5.97 Å². The van der Waals surface area contributed by atoms with E-state index in [0.717, 1.165) is 6.42 Å². The third kappa shape index (κ3) is 6.13. The van der Waals surface area contributed by atoms with Crippen molar-refractivity contribution in [2.24, 2.45) is 5.92 Å². The molecule has 6 heteroatoms. The van der Waals surface area contributed by atoms with Gasteiger partial charge in [-0.2, -0.15) is 5.26 Å². The molecule has 2 rings (SSSR count). The number of esters is 1. The predicted octanol–water partition coefficient (Wildman–Crippen LogP) is 4.17. The molecule has 0 aliphatic heterocycles. The number of carbonyl (C=O) groups is 2. The number of hydrogen-bond donors (Lipinski definition) is 1. The van der Waals surface area contributed by atoms with Crippen LogP contribution in [-0.2, 0) is 9.53 Å².